The Morgan fingerprint density at radius 1 is 1.04 bits per heavy atom. The number of thiophene rings is 1. The third kappa shape index (κ3) is 3.81. The van der Waals surface area contributed by atoms with Crippen molar-refractivity contribution in [3.63, 3.8) is 0 Å². The number of hydrogen-bond acceptors (Lipinski definition) is 4. The van der Waals surface area contributed by atoms with E-state index in [0.717, 1.165) is 30.8 Å². The first-order valence-electron chi connectivity index (χ1n) is 8.00. The zero-order valence-corrected chi connectivity index (χ0v) is 16.0. The van der Waals surface area contributed by atoms with Crippen LogP contribution in [0.15, 0.2) is 63.7 Å². The van der Waals surface area contributed by atoms with Crippen LogP contribution < -0.4 is 11.1 Å². The zero-order chi connectivity index (χ0) is 18.7. The topological polar surface area (TPSA) is 72.2 Å². The second-order valence-corrected chi connectivity index (χ2v) is 8.09. The highest BCUT2D eigenvalue weighted by molar-refractivity contribution is 8.01. The molecule has 0 atom stereocenters. The van der Waals surface area contributed by atoms with Crippen molar-refractivity contribution in [2.45, 2.75) is 23.0 Å². The number of primary amides is 1. The van der Waals surface area contributed by atoms with Crippen LogP contribution in [0.1, 0.15) is 22.8 Å². The molecule has 4 nitrogen and oxygen atoms in total. The molecule has 0 spiro atoms. The summed E-state index contributed by atoms with van der Waals surface area (Å²) in [6.07, 6.45) is 0. The van der Waals surface area contributed by atoms with E-state index in [1.165, 1.54) is 18.3 Å². The molecule has 2 aromatic carbocycles. The summed E-state index contributed by atoms with van der Waals surface area (Å²) >= 11 is 3.14. The molecule has 26 heavy (non-hydrogen) atoms. The first-order valence-corrected chi connectivity index (χ1v) is 9.63. The summed E-state index contributed by atoms with van der Waals surface area (Å²) in [5.41, 5.74) is 8.59. The van der Waals surface area contributed by atoms with Gasteiger partial charge in [-0.2, -0.15) is 0 Å². The van der Waals surface area contributed by atoms with Crippen LogP contribution >= 0.6 is 23.1 Å². The van der Waals surface area contributed by atoms with Crippen LogP contribution in [0, 0.1) is 6.92 Å². The molecule has 3 N–H and O–H groups in total. The Bertz CT molecular complexity index is 965. The molecule has 0 aliphatic rings. The number of rotatable bonds is 5. The van der Waals surface area contributed by atoms with Gasteiger partial charge in [-0.05, 0) is 36.2 Å². The fourth-order valence-electron chi connectivity index (χ4n) is 2.67. The summed E-state index contributed by atoms with van der Waals surface area (Å²) in [5.74, 6) is -0.641. The number of nitrogens with one attached hydrogen (secondary N) is 1. The van der Waals surface area contributed by atoms with Crippen LogP contribution in [0.2, 0.25) is 0 Å². The Hall–Kier alpha value is -2.57. The monoisotopic (exact) mass is 382 g/mol. The highest BCUT2D eigenvalue weighted by atomic mass is 32.2. The van der Waals surface area contributed by atoms with Gasteiger partial charge in [0.05, 0.1) is 4.21 Å². The molecule has 0 aliphatic heterocycles. The van der Waals surface area contributed by atoms with Crippen LogP contribution in [0.5, 0.6) is 0 Å². The average molecular weight is 383 g/mol. The normalized spacial score (nSPS) is 10.5. The third-order valence-electron chi connectivity index (χ3n) is 3.81. The van der Waals surface area contributed by atoms with Gasteiger partial charge in [-0.3, -0.25) is 9.59 Å². The van der Waals surface area contributed by atoms with Crippen molar-refractivity contribution >= 4 is 39.9 Å². The van der Waals surface area contributed by atoms with E-state index in [1.807, 2.05) is 49.4 Å². The van der Waals surface area contributed by atoms with E-state index in [9.17, 15) is 9.59 Å². The maximum Gasteiger partial charge on any atom is 0.249 e. The van der Waals surface area contributed by atoms with Crippen LogP contribution in [0.4, 0.5) is 5.00 Å². The average Bonchev–Trinajstić information content (AvgIpc) is 2.90. The van der Waals surface area contributed by atoms with Crippen molar-refractivity contribution in [2.75, 3.05) is 5.32 Å². The lowest BCUT2D eigenvalue weighted by Gasteiger charge is -2.10. The van der Waals surface area contributed by atoms with E-state index in [-0.39, 0.29) is 5.91 Å². The first kappa shape index (κ1) is 18.2. The maximum absolute atomic E-state index is 11.9. The highest BCUT2D eigenvalue weighted by Crippen LogP contribution is 2.47. The molecule has 6 heteroatoms. The second kappa shape index (κ2) is 7.76. The molecule has 0 saturated heterocycles. The molecule has 1 heterocycles. The Balaban J connectivity index is 2.15. The largest absolute Gasteiger partial charge is 0.366 e. The van der Waals surface area contributed by atoms with E-state index in [2.05, 4.69) is 5.32 Å². The molecule has 2 amide bonds. The Morgan fingerprint density at radius 3 is 2.35 bits per heavy atom. The SMILES string of the molecule is CC(=O)Nc1sc(Sc2ccccc2)c(C)c1-c1ccccc1C(N)=O. The van der Waals surface area contributed by atoms with E-state index >= 15 is 0 Å². The molecule has 0 unspecified atom stereocenters. The van der Waals surface area contributed by atoms with Gasteiger partial charge < -0.3 is 11.1 Å². The van der Waals surface area contributed by atoms with Crippen molar-refractivity contribution in [2.24, 2.45) is 5.73 Å². The van der Waals surface area contributed by atoms with Crippen molar-refractivity contribution in [3.8, 4) is 11.1 Å². The number of benzene rings is 2. The zero-order valence-electron chi connectivity index (χ0n) is 14.4. The van der Waals surface area contributed by atoms with Crippen molar-refractivity contribution < 1.29 is 9.59 Å². The Morgan fingerprint density at radius 2 is 1.69 bits per heavy atom. The lowest BCUT2D eigenvalue weighted by molar-refractivity contribution is -0.114. The summed E-state index contributed by atoms with van der Waals surface area (Å²) in [5, 5.41) is 3.62. The van der Waals surface area contributed by atoms with Gasteiger partial charge in [0.15, 0.2) is 0 Å². The predicted octanol–water partition coefficient (Wildman–Crippen LogP) is 4.93. The van der Waals surface area contributed by atoms with Gasteiger partial charge in [0.25, 0.3) is 0 Å². The Kier molecular flexibility index (Phi) is 5.44. The van der Waals surface area contributed by atoms with E-state index in [0.29, 0.717) is 5.56 Å². The van der Waals surface area contributed by atoms with E-state index in [4.69, 9.17) is 5.73 Å². The fourth-order valence-corrected chi connectivity index (χ4v) is 5.14. The predicted molar refractivity (Wildman–Crippen MR) is 108 cm³/mol. The van der Waals surface area contributed by atoms with Crippen molar-refractivity contribution in [1.29, 1.82) is 0 Å². The third-order valence-corrected chi connectivity index (χ3v) is 6.31. The minimum Gasteiger partial charge on any atom is -0.366 e. The number of anilines is 1. The van der Waals surface area contributed by atoms with Crippen LogP contribution in [-0.2, 0) is 4.79 Å². The number of amides is 2. The second-order valence-electron chi connectivity index (χ2n) is 5.72. The lowest BCUT2D eigenvalue weighted by Crippen LogP contribution is -2.13. The van der Waals surface area contributed by atoms with Gasteiger partial charge in [-0.1, -0.05) is 48.2 Å². The quantitative estimate of drug-likeness (QED) is 0.657. The van der Waals surface area contributed by atoms with Gasteiger partial charge in [0.1, 0.15) is 5.00 Å². The smallest absolute Gasteiger partial charge is 0.249 e. The standard InChI is InChI=1S/C20H18N2O2S2/c1-12-17(15-10-6-7-11-16(15)18(21)24)19(22-13(2)23)26-20(12)25-14-8-4-3-5-9-14/h3-11H,1-2H3,(H2,21,24)(H,22,23). The van der Waals surface area contributed by atoms with Crippen LogP contribution in [-0.4, -0.2) is 11.8 Å². The van der Waals surface area contributed by atoms with Gasteiger partial charge in [0.2, 0.25) is 11.8 Å². The fraction of sp³-hybridized carbons (Fsp3) is 0.100. The van der Waals surface area contributed by atoms with Crippen molar-refractivity contribution in [1.82, 2.24) is 0 Å². The van der Waals surface area contributed by atoms with Crippen LogP contribution in [0.25, 0.3) is 11.1 Å². The molecular weight excluding hydrogens is 364 g/mol. The summed E-state index contributed by atoms with van der Waals surface area (Å²) < 4.78 is 1.06. The molecule has 3 rings (SSSR count). The molecule has 0 saturated carbocycles. The summed E-state index contributed by atoms with van der Waals surface area (Å²) in [7, 11) is 0. The molecule has 0 fully saturated rings. The minimum absolute atomic E-state index is 0.152. The highest BCUT2D eigenvalue weighted by Gasteiger charge is 2.21. The minimum atomic E-state index is -0.489. The first-order chi connectivity index (χ1) is 12.5. The van der Waals surface area contributed by atoms with Gasteiger partial charge >= 0.3 is 0 Å². The van der Waals surface area contributed by atoms with Gasteiger partial charge in [-0.25, -0.2) is 0 Å². The molecular formula is C20H18N2O2S2. The van der Waals surface area contributed by atoms with E-state index in [1.54, 1.807) is 23.9 Å². The lowest BCUT2D eigenvalue weighted by atomic mass is 9.98. The molecule has 0 radical (unpaired) electrons. The molecule has 3 aromatic rings. The van der Waals surface area contributed by atoms with Gasteiger partial charge in [0, 0.05) is 22.9 Å². The molecule has 0 aliphatic carbocycles. The summed E-state index contributed by atoms with van der Waals surface area (Å²) in [6, 6.07) is 17.2. The van der Waals surface area contributed by atoms with Gasteiger partial charge in [-0.15, -0.1) is 11.3 Å². The molecule has 1 aromatic heterocycles. The maximum atomic E-state index is 11.9. The van der Waals surface area contributed by atoms with Crippen molar-refractivity contribution in [3.05, 3.63) is 65.7 Å². The number of nitrogens with two attached hydrogens (primary N) is 1. The molecule has 132 valence electrons. The molecule has 0 bridgehead atoms. The Labute approximate surface area is 160 Å². The summed E-state index contributed by atoms with van der Waals surface area (Å²) in [6.45, 7) is 3.48. The number of hydrogen-bond donors (Lipinski definition) is 2. The van der Waals surface area contributed by atoms with E-state index < -0.39 is 5.91 Å². The number of carbonyl (C=O) groups excluding carboxylic acids is 2. The number of carbonyl (C=O) groups is 2. The summed E-state index contributed by atoms with van der Waals surface area (Å²) in [4.78, 5) is 24.7. The van der Waals surface area contributed by atoms with Crippen LogP contribution in [0.3, 0.4) is 0 Å².